The molecule has 0 bridgehead atoms. The Balaban J connectivity index is 0.00000341. The molecule has 0 amide bonds. The molecule has 2 N–H and O–H groups in total. The monoisotopic (exact) mass is 543 g/mol. The third-order valence-electron chi connectivity index (χ3n) is 5.58. The van der Waals surface area contributed by atoms with E-state index in [0.717, 1.165) is 42.9 Å². The smallest absolute Gasteiger partial charge is 0.203 e. The van der Waals surface area contributed by atoms with Gasteiger partial charge in [-0.15, -0.1) is 24.0 Å². The summed E-state index contributed by atoms with van der Waals surface area (Å²) in [7, 11) is 6.56. The van der Waals surface area contributed by atoms with Gasteiger partial charge >= 0.3 is 0 Å². The summed E-state index contributed by atoms with van der Waals surface area (Å²) in [5.74, 6) is 2.42. The number of ether oxygens (including phenoxy) is 3. The van der Waals surface area contributed by atoms with Gasteiger partial charge in [0.2, 0.25) is 5.75 Å². The second-order valence-electron chi connectivity index (χ2n) is 7.39. The number of hydrogen-bond acceptors (Lipinski definition) is 4. The summed E-state index contributed by atoms with van der Waals surface area (Å²) in [6.45, 7) is 1.38. The van der Waals surface area contributed by atoms with Crippen LogP contribution in [0.4, 0.5) is 4.39 Å². The molecule has 1 fully saturated rings. The van der Waals surface area contributed by atoms with Crippen LogP contribution in [-0.4, -0.2) is 47.4 Å². The summed E-state index contributed by atoms with van der Waals surface area (Å²) in [6, 6.07) is 10.7. The molecule has 0 unspecified atom stereocenters. The molecule has 0 aromatic heterocycles. The molecule has 1 aliphatic rings. The zero-order valence-electron chi connectivity index (χ0n) is 18.5. The van der Waals surface area contributed by atoms with Crippen LogP contribution >= 0.6 is 24.0 Å². The zero-order chi connectivity index (χ0) is 21.6. The van der Waals surface area contributed by atoms with E-state index in [1.165, 1.54) is 6.07 Å². The van der Waals surface area contributed by atoms with Crippen molar-refractivity contribution < 1.29 is 18.6 Å². The van der Waals surface area contributed by atoms with Crippen molar-refractivity contribution in [2.45, 2.75) is 24.7 Å². The van der Waals surface area contributed by atoms with Gasteiger partial charge in [-0.2, -0.15) is 0 Å². The lowest BCUT2D eigenvalue weighted by Crippen LogP contribution is -2.42. The average Bonchev–Trinajstić information content (AvgIpc) is 3.56. The van der Waals surface area contributed by atoms with Gasteiger partial charge in [-0.25, -0.2) is 4.39 Å². The van der Waals surface area contributed by atoms with E-state index in [9.17, 15) is 4.39 Å². The second-order valence-corrected chi connectivity index (χ2v) is 7.39. The first-order chi connectivity index (χ1) is 14.6. The topological polar surface area (TPSA) is 64.1 Å². The summed E-state index contributed by atoms with van der Waals surface area (Å²) < 4.78 is 29.9. The molecule has 170 valence electrons. The van der Waals surface area contributed by atoms with Crippen LogP contribution in [0.5, 0.6) is 17.2 Å². The SMILES string of the molecule is CN=C(NCCc1ccc(OC)c(OC)c1OC)NCC1(c2cccc(F)c2)CC1.I. The maximum atomic E-state index is 13.6. The number of rotatable bonds is 9. The molecular weight excluding hydrogens is 512 g/mol. The van der Waals surface area contributed by atoms with E-state index < -0.39 is 0 Å². The van der Waals surface area contributed by atoms with Crippen LogP contribution in [0.1, 0.15) is 24.0 Å². The Bertz CT molecular complexity index is 904. The summed E-state index contributed by atoms with van der Waals surface area (Å²) >= 11 is 0. The molecule has 3 rings (SSSR count). The molecule has 2 aromatic carbocycles. The van der Waals surface area contributed by atoms with Gasteiger partial charge in [0.1, 0.15) is 5.82 Å². The molecule has 8 heteroatoms. The van der Waals surface area contributed by atoms with E-state index in [-0.39, 0.29) is 35.2 Å². The molecule has 6 nitrogen and oxygen atoms in total. The van der Waals surface area contributed by atoms with Gasteiger partial charge in [-0.3, -0.25) is 4.99 Å². The van der Waals surface area contributed by atoms with E-state index >= 15 is 0 Å². The Hall–Kier alpha value is -2.23. The maximum Gasteiger partial charge on any atom is 0.203 e. The lowest BCUT2D eigenvalue weighted by Gasteiger charge is -2.20. The average molecular weight is 543 g/mol. The first kappa shape index (κ1) is 25.0. The van der Waals surface area contributed by atoms with Gasteiger partial charge in [-0.05, 0) is 43.0 Å². The first-order valence-electron chi connectivity index (χ1n) is 10.1. The highest BCUT2D eigenvalue weighted by molar-refractivity contribution is 14.0. The summed E-state index contributed by atoms with van der Waals surface area (Å²) in [5.41, 5.74) is 2.05. The Morgan fingerprint density at radius 3 is 2.35 bits per heavy atom. The number of nitrogens with one attached hydrogen (secondary N) is 2. The number of methoxy groups -OCH3 is 3. The van der Waals surface area contributed by atoms with Gasteiger partial charge < -0.3 is 24.8 Å². The van der Waals surface area contributed by atoms with Crippen molar-refractivity contribution in [1.29, 1.82) is 0 Å². The fourth-order valence-electron chi connectivity index (χ4n) is 3.69. The minimum absolute atomic E-state index is 0. The van der Waals surface area contributed by atoms with Crippen LogP contribution in [0, 0.1) is 5.82 Å². The van der Waals surface area contributed by atoms with Gasteiger partial charge in [0.05, 0.1) is 21.3 Å². The fraction of sp³-hybridized carbons (Fsp3) is 0.435. The second kappa shape index (κ2) is 11.4. The van der Waals surface area contributed by atoms with Gasteiger partial charge in [0, 0.05) is 31.1 Å². The summed E-state index contributed by atoms with van der Waals surface area (Å²) in [5, 5.41) is 6.72. The molecule has 0 atom stereocenters. The Morgan fingerprint density at radius 1 is 1.03 bits per heavy atom. The third-order valence-corrected chi connectivity index (χ3v) is 5.58. The number of aliphatic imine (C=N–C) groups is 1. The van der Waals surface area contributed by atoms with Crippen molar-refractivity contribution in [1.82, 2.24) is 10.6 Å². The quantitative estimate of drug-likeness (QED) is 0.286. The van der Waals surface area contributed by atoms with Crippen molar-refractivity contribution in [3.05, 3.63) is 53.3 Å². The summed E-state index contributed by atoms with van der Waals surface area (Å²) in [4.78, 5) is 4.31. The van der Waals surface area contributed by atoms with Gasteiger partial charge in [0.25, 0.3) is 0 Å². The van der Waals surface area contributed by atoms with E-state index in [0.29, 0.717) is 23.8 Å². The van der Waals surface area contributed by atoms with Crippen molar-refractivity contribution in [3.8, 4) is 17.2 Å². The predicted octanol–water partition coefficient (Wildman–Crippen LogP) is 3.91. The number of hydrogen-bond donors (Lipinski definition) is 2. The molecular formula is C23H31FIN3O3. The maximum absolute atomic E-state index is 13.6. The standard InChI is InChI=1S/C23H30FN3O3.HI/c1-25-22(27-15-23(11-12-23)17-6-5-7-18(24)14-17)26-13-10-16-8-9-19(28-2)21(30-4)20(16)29-3;/h5-9,14H,10-13,15H2,1-4H3,(H2,25,26,27);1H. The lowest BCUT2D eigenvalue weighted by atomic mass is 9.96. The molecule has 0 saturated heterocycles. The number of halogens is 2. The highest BCUT2D eigenvalue weighted by Crippen LogP contribution is 2.47. The number of nitrogens with zero attached hydrogens (tertiary/aromatic N) is 1. The molecule has 1 aliphatic carbocycles. The van der Waals surface area contributed by atoms with Crippen molar-refractivity contribution in [3.63, 3.8) is 0 Å². The predicted molar refractivity (Wildman–Crippen MR) is 132 cm³/mol. The molecule has 1 saturated carbocycles. The minimum atomic E-state index is -0.190. The molecule has 31 heavy (non-hydrogen) atoms. The van der Waals surface area contributed by atoms with Crippen molar-refractivity contribution in [2.24, 2.45) is 4.99 Å². The number of guanidine groups is 1. The van der Waals surface area contributed by atoms with Gasteiger partial charge in [0.15, 0.2) is 17.5 Å². The fourth-order valence-corrected chi connectivity index (χ4v) is 3.69. The lowest BCUT2D eigenvalue weighted by molar-refractivity contribution is 0.322. The van der Waals surface area contributed by atoms with Crippen molar-refractivity contribution in [2.75, 3.05) is 41.5 Å². The Labute approximate surface area is 200 Å². The molecule has 0 radical (unpaired) electrons. The van der Waals surface area contributed by atoms with Crippen molar-refractivity contribution >= 4 is 29.9 Å². The van der Waals surface area contributed by atoms with Crippen LogP contribution in [0.3, 0.4) is 0 Å². The first-order valence-corrected chi connectivity index (χ1v) is 10.1. The van der Waals surface area contributed by atoms with Crippen LogP contribution in [0.15, 0.2) is 41.4 Å². The largest absolute Gasteiger partial charge is 0.493 e. The van der Waals surface area contributed by atoms with E-state index in [2.05, 4.69) is 15.6 Å². The zero-order valence-corrected chi connectivity index (χ0v) is 20.8. The van der Waals surface area contributed by atoms with E-state index in [1.807, 2.05) is 18.2 Å². The summed E-state index contributed by atoms with van der Waals surface area (Å²) in [6.07, 6.45) is 2.81. The Morgan fingerprint density at radius 2 is 1.77 bits per heavy atom. The minimum Gasteiger partial charge on any atom is -0.493 e. The number of benzene rings is 2. The Kier molecular flexibility index (Phi) is 9.21. The van der Waals surface area contributed by atoms with E-state index in [1.54, 1.807) is 40.5 Å². The van der Waals surface area contributed by atoms with Gasteiger partial charge in [-0.1, -0.05) is 18.2 Å². The molecule has 0 heterocycles. The van der Waals surface area contributed by atoms with Crippen LogP contribution in [0.2, 0.25) is 0 Å². The van der Waals surface area contributed by atoms with Crippen LogP contribution in [-0.2, 0) is 11.8 Å². The van der Waals surface area contributed by atoms with Crippen LogP contribution < -0.4 is 24.8 Å². The third kappa shape index (κ3) is 5.93. The van der Waals surface area contributed by atoms with Crippen LogP contribution in [0.25, 0.3) is 0 Å². The molecule has 0 spiro atoms. The highest BCUT2D eigenvalue weighted by Gasteiger charge is 2.44. The highest BCUT2D eigenvalue weighted by atomic mass is 127. The molecule has 0 aliphatic heterocycles. The molecule has 2 aromatic rings. The normalized spacial score (nSPS) is 14.3. The van der Waals surface area contributed by atoms with E-state index in [4.69, 9.17) is 14.2 Å².